The number of nitrogens with two attached hydrogens (primary N) is 1. The van der Waals surface area contributed by atoms with Crippen LogP contribution in [0.1, 0.15) is 72.0 Å². The summed E-state index contributed by atoms with van der Waals surface area (Å²) in [6.45, 7) is 9.47. The van der Waals surface area contributed by atoms with Gasteiger partial charge < -0.3 is 10.5 Å². The summed E-state index contributed by atoms with van der Waals surface area (Å²) < 4.78 is 39.0. The van der Waals surface area contributed by atoms with Gasteiger partial charge in [-0.05, 0) is 39.2 Å². The van der Waals surface area contributed by atoms with Crippen LogP contribution in [0.5, 0.6) is 0 Å². The Labute approximate surface area is 182 Å². The van der Waals surface area contributed by atoms with Crippen molar-refractivity contribution in [1.82, 2.24) is 15.0 Å². The second-order valence-electron chi connectivity index (χ2n) is 8.72. The SMILES string of the molecule is CC(C)(C)C(F)(F)F.CC(C)OC=O.CC(N)c1ccc(-c2cnn(C3CC3)n2)cc1. The molecule has 1 heterocycles. The normalized spacial score (nSPS) is 14.7. The molecule has 1 aromatic heterocycles. The summed E-state index contributed by atoms with van der Waals surface area (Å²) in [5.41, 5.74) is 7.44. The number of hydrogen-bond acceptors (Lipinski definition) is 5. The molecule has 1 aliphatic carbocycles. The van der Waals surface area contributed by atoms with E-state index in [1.165, 1.54) is 12.8 Å². The highest BCUT2D eigenvalue weighted by atomic mass is 19.4. The highest BCUT2D eigenvalue weighted by Crippen LogP contribution is 2.36. The number of halogens is 3. The van der Waals surface area contributed by atoms with Crippen LogP contribution in [0.3, 0.4) is 0 Å². The summed E-state index contributed by atoms with van der Waals surface area (Å²) in [4.78, 5) is 11.2. The molecule has 0 bridgehead atoms. The third-order valence-corrected chi connectivity index (χ3v) is 4.29. The molecule has 1 aromatic carbocycles. The Balaban J connectivity index is 0.000000289. The molecule has 6 nitrogen and oxygen atoms in total. The Bertz CT molecular complexity index is 778. The van der Waals surface area contributed by atoms with Crippen molar-refractivity contribution in [3.05, 3.63) is 36.0 Å². The maximum Gasteiger partial charge on any atom is 0.393 e. The number of benzene rings is 1. The van der Waals surface area contributed by atoms with Gasteiger partial charge in [0.05, 0.1) is 23.8 Å². The predicted octanol–water partition coefficient (Wildman–Crippen LogP) is 5.46. The fraction of sp³-hybridized carbons (Fsp3) is 0.591. The number of hydrogen-bond donors (Lipinski definition) is 1. The maximum atomic E-state index is 11.6. The highest BCUT2D eigenvalue weighted by Gasteiger charge is 2.42. The van der Waals surface area contributed by atoms with Crippen LogP contribution in [0.25, 0.3) is 11.3 Å². The second kappa shape index (κ2) is 11.3. The van der Waals surface area contributed by atoms with E-state index in [4.69, 9.17) is 5.73 Å². The molecule has 1 atom stereocenters. The van der Waals surface area contributed by atoms with Crippen molar-refractivity contribution in [3.8, 4) is 11.3 Å². The number of rotatable bonds is 5. The van der Waals surface area contributed by atoms with Gasteiger partial charge in [0.2, 0.25) is 0 Å². The van der Waals surface area contributed by atoms with Crippen molar-refractivity contribution in [2.45, 2.75) is 78.7 Å². The number of aromatic nitrogens is 3. The van der Waals surface area contributed by atoms with Crippen LogP contribution in [0.2, 0.25) is 0 Å². The van der Waals surface area contributed by atoms with Crippen LogP contribution in [-0.2, 0) is 9.53 Å². The molecule has 1 aliphatic rings. The number of nitrogens with zero attached hydrogens (tertiary/aromatic N) is 3. The molecule has 1 fully saturated rings. The quantitative estimate of drug-likeness (QED) is 0.622. The van der Waals surface area contributed by atoms with Crippen LogP contribution in [0.15, 0.2) is 30.5 Å². The minimum absolute atomic E-state index is 0.0301. The summed E-state index contributed by atoms with van der Waals surface area (Å²) in [6.07, 6.45) is 0.212. The summed E-state index contributed by atoms with van der Waals surface area (Å²) in [5.74, 6) is 0. The average Bonchev–Trinajstić information content (AvgIpc) is 3.38. The largest absolute Gasteiger partial charge is 0.465 e. The van der Waals surface area contributed by atoms with Crippen LogP contribution in [0.4, 0.5) is 13.2 Å². The minimum Gasteiger partial charge on any atom is -0.465 e. The summed E-state index contributed by atoms with van der Waals surface area (Å²) in [6, 6.07) is 8.82. The minimum atomic E-state index is -4.06. The molecule has 0 saturated heterocycles. The van der Waals surface area contributed by atoms with Crippen molar-refractivity contribution in [2.24, 2.45) is 11.1 Å². The molecule has 0 amide bonds. The molecule has 3 rings (SSSR count). The molecule has 31 heavy (non-hydrogen) atoms. The molecular formula is C22H33F3N4O2. The van der Waals surface area contributed by atoms with Gasteiger partial charge in [0, 0.05) is 11.6 Å². The Morgan fingerprint density at radius 2 is 1.65 bits per heavy atom. The van der Waals surface area contributed by atoms with Gasteiger partial charge in [-0.25, -0.2) is 0 Å². The molecular weight excluding hydrogens is 409 g/mol. The maximum absolute atomic E-state index is 11.6. The lowest BCUT2D eigenvalue weighted by molar-refractivity contribution is -0.204. The van der Waals surface area contributed by atoms with E-state index in [0.29, 0.717) is 12.5 Å². The van der Waals surface area contributed by atoms with Crippen molar-refractivity contribution in [3.63, 3.8) is 0 Å². The van der Waals surface area contributed by atoms with E-state index in [1.807, 2.05) is 17.9 Å². The third-order valence-electron chi connectivity index (χ3n) is 4.29. The smallest absolute Gasteiger partial charge is 0.393 e. The van der Waals surface area contributed by atoms with Gasteiger partial charge in [0.1, 0.15) is 5.69 Å². The molecule has 9 heteroatoms. The molecule has 2 N–H and O–H groups in total. The van der Waals surface area contributed by atoms with Crippen molar-refractivity contribution in [2.75, 3.05) is 0 Å². The standard InChI is InChI=1S/C13H16N4.C5H9F3.C4H8O2/c1-9(14)10-2-4-11(5-3-10)13-8-15-17(16-13)12-6-7-12;1-4(2,3)5(6,7)8;1-4(2)6-3-5/h2-5,8-9,12H,6-7,14H2,1H3;1-3H3;3-4H,1-2H3. The van der Waals surface area contributed by atoms with Gasteiger partial charge in [-0.2, -0.15) is 28.2 Å². The lowest BCUT2D eigenvalue weighted by atomic mass is 9.96. The van der Waals surface area contributed by atoms with E-state index in [1.54, 1.807) is 13.8 Å². The number of ether oxygens (including phenoxy) is 1. The zero-order valence-corrected chi connectivity index (χ0v) is 19.0. The fourth-order valence-electron chi connectivity index (χ4n) is 1.96. The van der Waals surface area contributed by atoms with Crippen LogP contribution < -0.4 is 5.73 Å². The zero-order chi connectivity index (χ0) is 23.8. The number of carbonyl (C=O) groups is 1. The van der Waals surface area contributed by atoms with Gasteiger partial charge >= 0.3 is 6.18 Å². The van der Waals surface area contributed by atoms with Gasteiger partial charge in [-0.15, -0.1) is 0 Å². The Morgan fingerprint density at radius 1 is 1.13 bits per heavy atom. The lowest BCUT2D eigenvalue weighted by Gasteiger charge is -2.21. The van der Waals surface area contributed by atoms with E-state index in [9.17, 15) is 18.0 Å². The van der Waals surface area contributed by atoms with Crippen LogP contribution >= 0.6 is 0 Å². The van der Waals surface area contributed by atoms with E-state index in [2.05, 4.69) is 39.2 Å². The summed E-state index contributed by atoms with van der Waals surface area (Å²) in [5, 5.41) is 8.78. The molecule has 2 aromatic rings. The number of alkyl halides is 3. The van der Waals surface area contributed by atoms with E-state index in [-0.39, 0.29) is 12.1 Å². The van der Waals surface area contributed by atoms with Crippen molar-refractivity contribution >= 4 is 6.47 Å². The van der Waals surface area contributed by atoms with E-state index >= 15 is 0 Å². The van der Waals surface area contributed by atoms with E-state index < -0.39 is 11.6 Å². The highest BCUT2D eigenvalue weighted by molar-refractivity contribution is 5.58. The first-order valence-electron chi connectivity index (χ1n) is 10.2. The first kappa shape index (κ1) is 26.6. The third kappa shape index (κ3) is 9.50. The van der Waals surface area contributed by atoms with Gasteiger partial charge in [0.15, 0.2) is 0 Å². The summed E-state index contributed by atoms with van der Waals surface area (Å²) >= 11 is 0. The lowest BCUT2D eigenvalue weighted by Crippen LogP contribution is -2.28. The Hall–Kier alpha value is -2.42. The Kier molecular flexibility index (Phi) is 9.68. The predicted molar refractivity (Wildman–Crippen MR) is 114 cm³/mol. The molecule has 1 saturated carbocycles. The fourth-order valence-corrected chi connectivity index (χ4v) is 1.96. The molecule has 0 aliphatic heterocycles. The van der Waals surface area contributed by atoms with Crippen molar-refractivity contribution in [1.29, 1.82) is 0 Å². The summed E-state index contributed by atoms with van der Waals surface area (Å²) in [7, 11) is 0. The monoisotopic (exact) mass is 442 g/mol. The second-order valence-corrected chi connectivity index (χ2v) is 8.72. The van der Waals surface area contributed by atoms with E-state index in [0.717, 1.165) is 37.6 Å². The van der Waals surface area contributed by atoms with Gasteiger partial charge in [-0.1, -0.05) is 45.0 Å². The number of carbonyl (C=O) groups excluding carboxylic acids is 1. The van der Waals surface area contributed by atoms with Crippen molar-refractivity contribution < 1.29 is 22.7 Å². The van der Waals surface area contributed by atoms with Gasteiger partial charge in [0.25, 0.3) is 6.47 Å². The average molecular weight is 443 g/mol. The Morgan fingerprint density at radius 3 is 1.97 bits per heavy atom. The first-order valence-corrected chi connectivity index (χ1v) is 10.2. The molecule has 174 valence electrons. The van der Waals surface area contributed by atoms with Crippen LogP contribution in [-0.4, -0.2) is 33.7 Å². The topological polar surface area (TPSA) is 83.0 Å². The zero-order valence-electron chi connectivity index (χ0n) is 19.0. The molecule has 1 unspecified atom stereocenters. The molecule has 0 spiro atoms. The first-order chi connectivity index (χ1) is 14.3. The van der Waals surface area contributed by atoms with Crippen LogP contribution in [0, 0.1) is 5.41 Å². The van der Waals surface area contributed by atoms with Gasteiger partial charge in [-0.3, -0.25) is 4.79 Å². The molecule has 0 radical (unpaired) electrons.